The van der Waals surface area contributed by atoms with Gasteiger partial charge < -0.3 is 9.64 Å². The van der Waals surface area contributed by atoms with E-state index in [4.69, 9.17) is 10.00 Å². The number of carbonyl (C=O) groups is 1. The van der Waals surface area contributed by atoms with Crippen LogP contribution in [-0.2, 0) is 11.4 Å². The minimum absolute atomic E-state index is 0.0878. The number of ether oxygens (including phenoxy) is 1. The van der Waals surface area contributed by atoms with Crippen molar-refractivity contribution in [3.8, 4) is 11.8 Å². The average molecular weight is 385 g/mol. The van der Waals surface area contributed by atoms with E-state index < -0.39 is 0 Å². The number of halogens is 1. The third-order valence-electron chi connectivity index (χ3n) is 3.26. The minimum Gasteiger partial charge on any atom is -0.488 e. The maximum absolute atomic E-state index is 11.9. The normalized spacial score (nSPS) is 10.8. The van der Waals surface area contributed by atoms with Crippen LogP contribution in [-0.4, -0.2) is 24.9 Å². The Hall–Kier alpha value is -2.58. The molecule has 0 saturated heterocycles. The van der Waals surface area contributed by atoms with Crippen LogP contribution in [0, 0.1) is 11.3 Å². The quantitative estimate of drug-likeness (QED) is 0.577. The first-order valence-electron chi connectivity index (χ1n) is 7.31. The van der Waals surface area contributed by atoms with Crippen molar-refractivity contribution in [2.45, 2.75) is 6.61 Å². The molecule has 0 N–H and O–H groups in total. The maximum Gasteiger partial charge on any atom is 0.264 e. The van der Waals surface area contributed by atoms with Gasteiger partial charge in [-0.15, -0.1) is 0 Å². The molecule has 1 amide bonds. The summed E-state index contributed by atoms with van der Waals surface area (Å²) in [6.45, 7) is 0.469. The van der Waals surface area contributed by atoms with Crippen molar-refractivity contribution in [3.05, 3.63) is 69.7 Å². The third-order valence-corrected chi connectivity index (χ3v) is 3.88. The molecule has 0 fully saturated rings. The van der Waals surface area contributed by atoms with Crippen LogP contribution in [0.3, 0.4) is 0 Å². The predicted octanol–water partition coefficient (Wildman–Crippen LogP) is 4.02. The summed E-state index contributed by atoms with van der Waals surface area (Å²) in [7, 11) is 3.23. The van der Waals surface area contributed by atoms with Crippen molar-refractivity contribution >= 4 is 27.9 Å². The molecule has 2 aromatic carbocycles. The molecule has 0 aromatic heterocycles. The lowest BCUT2D eigenvalue weighted by molar-refractivity contribution is -0.124. The molecular formula is C19H17BrN2O2. The Bertz CT molecular complexity index is 793. The SMILES string of the molecule is CN(C)C(=O)/C(C#N)=C\c1ccc(OCc2ccccc2)c(Br)c1. The van der Waals surface area contributed by atoms with Gasteiger partial charge in [0.25, 0.3) is 5.91 Å². The Morgan fingerprint density at radius 3 is 2.54 bits per heavy atom. The van der Waals surface area contributed by atoms with E-state index in [1.165, 1.54) is 4.90 Å². The monoisotopic (exact) mass is 384 g/mol. The molecule has 5 heteroatoms. The molecule has 122 valence electrons. The summed E-state index contributed by atoms with van der Waals surface area (Å²) in [5.74, 6) is 0.381. The van der Waals surface area contributed by atoms with E-state index in [-0.39, 0.29) is 11.5 Å². The first-order valence-corrected chi connectivity index (χ1v) is 8.10. The van der Waals surface area contributed by atoms with Crippen molar-refractivity contribution in [1.29, 1.82) is 5.26 Å². The first-order chi connectivity index (χ1) is 11.5. The second-order valence-electron chi connectivity index (χ2n) is 5.33. The Balaban J connectivity index is 2.14. The van der Waals surface area contributed by atoms with E-state index in [2.05, 4.69) is 15.9 Å². The lowest BCUT2D eigenvalue weighted by Gasteiger charge is -2.10. The van der Waals surface area contributed by atoms with Crippen LogP contribution in [0.2, 0.25) is 0 Å². The highest BCUT2D eigenvalue weighted by atomic mass is 79.9. The van der Waals surface area contributed by atoms with Crippen LogP contribution in [0.5, 0.6) is 5.75 Å². The first kappa shape index (κ1) is 17.8. The fourth-order valence-corrected chi connectivity index (χ4v) is 2.52. The number of hydrogen-bond acceptors (Lipinski definition) is 3. The second kappa shape index (κ2) is 8.32. The van der Waals surface area contributed by atoms with Gasteiger partial charge in [-0.05, 0) is 45.3 Å². The summed E-state index contributed by atoms with van der Waals surface area (Å²) in [5.41, 5.74) is 1.92. The molecule has 0 unspecified atom stereocenters. The number of carbonyl (C=O) groups excluding carboxylic acids is 1. The Labute approximate surface area is 150 Å². The molecule has 0 heterocycles. The highest BCUT2D eigenvalue weighted by Gasteiger charge is 2.11. The highest BCUT2D eigenvalue weighted by molar-refractivity contribution is 9.10. The summed E-state index contributed by atoms with van der Waals surface area (Å²) in [5, 5.41) is 9.14. The van der Waals surface area contributed by atoms with Crippen LogP contribution < -0.4 is 4.74 Å². The van der Waals surface area contributed by atoms with Gasteiger partial charge in [0, 0.05) is 14.1 Å². The van der Waals surface area contributed by atoms with Gasteiger partial charge in [0.1, 0.15) is 24.0 Å². The minimum atomic E-state index is -0.321. The van der Waals surface area contributed by atoms with E-state index >= 15 is 0 Å². The molecule has 2 rings (SSSR count). The van der Waals surface area contributed by atoms with Gasteiger partial charge in [-0.3, -0.25) is 4.79 Å². The van der Waals surface area contributed by atoms with Crippen molar-refractivity contribution in [2.75, 3.05) is 14.1 Å². The number of nitriles is 1. The molecule has 4 nitrogen and oxygen atoms in total. The zero-order chi connectivity index (χ0) is 17.5. The topological polar surface area (TPSA) is 53.3 Å². The smallest absolute Gasteiger partial charge is 0.264 e. The molecule has 0 saturated carbocycles. The Kier molecular flexibility index (Phi) is 6.16. The second-order valence-corrected chi connectivity index (χ2v) is 6.19. The van der Waals surface area contributed by atoms with Gasteiger partial charge in [-0.2, -0.15) is 5.26 Å². The molecule has 0 atom stereocenters. The van der Waals surface area contributed by atoms with Gasteiger partial charge in [0.15, 0.2) is 0 Å². The zero-order valence-corrected chi connectivity index (χ0v) is 15.1. The van der Waals surface area contributed by atoms with Crippen LogP contribution in [0.15, 0.2) is 58.6 Å². The van der Waals surface area contributed by atoms with Gasteiger partial charge in [-0.1, -0.05) is 36.4 Å². The molecule has 0 radical (unpaired) electrons. The number of amides is 1. The van der Waals surface area contributed by atoms with Gasteiger partial charge >= 0.3 is 0 Å². The van der Waals surface area contributed by atoms with Crippen LogP contribution in [0.25, 0.3) is 6.08 Å². The van der Waals surface area contributed by atoms with E-state index in [0.29, 0.717) is 12.4 Å². The molecule has 0 aliphatic heterocycles. The van der Waals surface area contributed by atoms with Gasteiger partial charge in [-0.25, -0.2) is 0 Å². The average Bonchev–Trinajstić information content (AvgIpc) is 2.59. The zero-order valence-electron chi connectivity index (χ0n) is 13.5. The standard InChI is InChI=1S/C19H17BrN2O2/c1-22(2)19(23)16(12-21)10-15-8-9-18(17(20)11-15)24-13-14-6-4-3-5-7-14/h3-11H,13H2,1-2H3/b16-10-. The molecular weight excluding hydrogens is 368 g/mol. The van der Waals surface area contributed by atoms with E-state index in [0.717, 1.165) is 15.6 Å². The van der Waals surface area contributed by atoms with Crippen LogP contribution in [0.4, 0.5) is 0 Å². The molecule has 0 aliphatic carbocycles. The maximum atomic E-state index is 11.9. The van der Waals surface area contributed by atoms with Gasteiger partial charge in [0.2, 0.25) is 0 Å². The van der Waals surface area contributed by atoms with Crippen LogP contribution in [0.1, 0.15) is 11.1 Å². The molecule has 2 aromatic rings. The Morgan fingerprint density at radius 1 is 1.25 bits per heavy atom. The number of rotatable bonds is 5. The molecule has 0 bridgehead atoms. The number of likely N-dealkylation sites (N-methyl/N-ethyl adjacent to an activating group) is 1. The van der Waals surface area contributed by atoms with Crippen molar-refractivity contribution < 1.29 is 9.53 Å². The lowest BCUT2D eigenvalue weighted by Crippen LogP contribution is -2.22. The summed E-state index contributed by atoms with van der Waals surface area (Å²) in [4.78, 5) is 13.3. The van der Waals surface area contributed by atoms with Crippen molar-refractivity contribution in [1.82, 2.24) is 4.90 Å². The summed E-state index contributed by atoms with van der Waals surface area (Å²) < 4.78 is 6.55. The largest absolute Gasteiger partial charge is 0.488 e. The summed E-state index contributed by atoms with van der Waals surface area (Å²) in [6.07, 6.45) is 1.56. The Morgan fingerprint density at radius 2 is 1.96 bits per heavy atom. The summed E-state index contributed by atoms with van der Waals surface area (Å²) >= 11 is 3.47. The van der Waals surface area contributed by atoms with E-state index in [1.807, 2.05) is 54.6 Å². The van der Waals surface area contributed by atoms with E-state index in [9.17, 15) is 4.79 Å². The highest BCUT2D eigenvalue weighted by Crippen LogP contribution is 2.27. The van der Waals surface area contributed by atoms with Gasteiger partial charge in [0.05, 0.1) is 4.47 Å². The predicted molar refractivity (Wildman–Crippen MR) is 97.2 cm³/mol. The van der Waals surface area contributed by atoms with E-state index in [1.54, 1.807) is 20.2 Å². The third kappa shape index (κ3) is 4.71. The fourth-order valence-electron chi connectivity index (χ4n) is 2.01. The number of hydrogen-bond donors (Lipinski definition) is 0. The van der Waals surface area contributed by atoms with Crippen LogP contribution >= 0.6 is 15.9 Å². The lowest BCUT2D eigenvalue weighted by atomic mass is 10.1. The molecule has 0 aliphatic rings. The van der Waals surface area contributed by atoms with Crippen molar-refractivity contribution in [3.63, 3.8) is 0 Å². The molecule has 24 heavy (non-hydrogen) atoms. The molecule has 0 spiro atoms. The summed E-state index contributed by atoms with van der Waals surface area (Å²) in [6, 6.07) is 17.3. The van der Waals surface area contributed by atoms with Crippen molar-refractivity contribution in [2.24, 2.45) is 0 Å². The number of benzene rings is 2. The number of nitrogens with zero attached hydrogens (tertiary/aromatic N) is 2. The fraction of sp³-hybridized carbons (Fsp3) is 0.158.